The summed E-state index contributed by atoms with van der Waals surface area (Å²) in [5.74, 6) is 0.818. The number of anilines is 1. The van der Waals surface area contributed by atoms with E-state index in [4.69, 9.17) is 20.9 Å². The Kier molecular flexibility index (Phi) is 9.37. The smallest absolute Gasteiger partial charge is 0.307 e. The summed E-state index contributed by atoms with van der Waals surface area (Å²) in [4.78, 5) is 37.9. The van der Waals surface area contributed by atoms with E-state index in [0.29, 0.717) is 24.4 Å². The van der Waals surface area contributed by atoms with Crippen molar-refractivity contribution in [2.75, 3.05) is 18.1 Å². The van der Waals surface area contributed by atoms with Crippen LogP contribution in [0.15, 0.2) is 54.7 Å². The molecular weight excluding hydrogens is 512 g/mol. The number of carbonyl (C=O) groups is 2. The van der Waals surface area contributed by atoms with Gasteiger partial charge in [0.05, 0.1) is 28.9 Å². The first-order valence-corrected chi connectivity index (χ1v) is 12.5. The molecule has 0 spiro atoms. The van der Waals surface area contributed by atoms with Gasteiger partial charge in [0.25, 0.3) is 5.91 Å². The van der Waals surface area contributed by atoms with Gasteiger partial charge in [-0.1, -0.05) is 6.07 Å². The predicted octanol–water partition coefficient (Wildman–Crippen LogP) is 4.12. The molecule has 0 aliphatic carbocycles. The first kappa shape index (κ1) is 27.8. The van der Waals surface area contributed by atoms with Crippen LogP contribution in [-0.4, -0.2) is 45.4 Å². The highest BCUT2D eigenvalue weighted by molar-refractivity contribution is 7.14. The minimum atomic E-state index is -0.364. The maximum atomic E-state index is 13.5. The van der Waals surface area contributed by atoms with Gasteiger partial charge < -0.3 is 15.0 Å². The third kappa shape index (κ3) is 6.52. The number of aryl methyl sites for hydroxylation is 3. The maximum absolute atomic E-state index is 13.5. The predicted molar refractivity (Wildman–Crippen MR) is 148 cm³/mol. The minimum absolute atomic E-state index is 0. The Morgan fingerprint density at radius 2 is 1.97 bits per heavy atom. The number of ether oxygens (including phenoxy) is 1. The van der Waals surface area contributed by atoms with Crippen LogP contribution in [0.1, 0.15) is 39.3 Å². The molecule has 0 fully saturated rings. The Bertz CT molecular complexity index is 1400. The molecule has 4 rings (SSSR count). The normalized spacial score (nSPS) is 10.6. The number of nitrogens with one attached hydrogen (secondary N) is 1. The van der Waals surface area contributed by atoms with Gasteiger partial charge in [-0.25, -0.2) is 9.97 Å². The molecule has 0 saturated heterocycles. The number of carbonyl (C=O) groups excluding carboxylic acids is 2. The van der Waals surface area contributed by atoms with E-state index < -0.39 is 0 Å². The number of amides is 1. The van der Waals surface area contributed by atoms with E-state index >= 15 is 0 Å². The van der Waals surface area contributed by atoms with Gasteiger partial charge in [-0.2, -0.15) is 0 Å². The standard InChI is InChI=1S/C26H28N6O3S.ClH/c1-3-35-24(33)13-15-32(22-6-4-5-14-29-22)26(34)17-7-10-20-19(16-17)30-23(31(20)2)12-9-18-8-11-21(36-18)25(27)28;/h4-8,10-11,14,16H,3,9,12-13,15H2,1-2H3,(H3,27,28);1H. The Balaban J connectivity index is 0.00000380. The van der Waals surface area contributed by atoms with E-state index in [-0.39, 0.29) is 43.1 Å². The van der Waals surface area contributed by atoms with E-state index in [1.807, 2.05) is 29.8 Å². The van der Waals surface area contributed by atoms with Crippen LogP contribution in [0.3, 0.4) is 0 Å². The number of pyridine rings is 1. The largest absolute Gasteiger partial charge is 0.466 e. The lowest BCUT2D eigenvalue weighted by Crippen LogP contribution is -2.34. The van der Waals surface area contributed by atoms with Crippen LogP contribution >= 0.6 is 23.7 Å². The van der Waals surface area contributed by atoms with Gasteiger partial charge in [0.1, 0.15) is 17.5 Å². The SMILES string of the molecule is CCOC(=O)CCN(C(=O)c1ccc2c(c1)nc(CCc1ccc(C(=N)N)s1)n2C)c1ccccn1.Cl. The number of esters is 1. The molecule has 37 heavy (non-hydrogen) atoms. The number of hydrogen-bond acceptors (Lipinski definition) is 7. The second kappa shape index (κ2) is 12.5. The van der Waals surface area contributed by atoms with Crippen LogP contribution in [-0.2, 0) is 29.4 Å². The molecule has 11 heteroatoms. The lowest BCUT2D eigenvalue weighted by atomic mass is 10.1. The highest BCUT2D eigenvalue weighted by Crippen LogP contribution is 2.23. The highest BCUT2D eigenvalue weighted by atomic mass is 35.5. The third-order valence-corrected chi connectivity index (χ3v) is 6.94. The zero-order valence-corrected chi connectivity index (χ0v) is 22.3. The number of nitrogens with zero attached hydrogens (tertiary/aromatic N) is 4. The number of thiophene rings is 1. The quantitative estimate of drug-likeness (QED) is 0.177. The number of benzene rings is 1. The molecular formula is C26H29ClN6O3S. The molecule has 0 aliphatic heterocycles. The zero-order valence-electron chi connectivity index (χ0n) is 20.6. The summed E-state index contributed by atoms with van der Waals surface area (Å²) in [5.41, 5.74) is 7.68. The van der Waals surface area contributed by atoms with Crippen molar-refractivity contribution in [2.24, 2.45) is 12.8 Å². The van der Waals surface area contributed by atoms with Crippen molar-refractivity contribution < 1.29 is 14.3 Å². The van der Waals surface area contributed by atoms with Crippen LogP contribution in [0.4, 0.5) is 5.82 Å². The minimum Gasteiger partial charge on any atom is -0.466 e. The molecule has 0 bridgehead atoms. The lowest BCUT2D eigenvalue weighted by molar-refractivity contribution is -0.142. The number of halogens is 1. The van der Waals surface area contributed by atoms with E-state index in [1.165, 1.54) is 16.2 Å². The molecule has 0 unspecified atom stereocenters. The Hall–Kier alpha value is -3.76. The summed E-state index contributed by atoms with van der Waals surface area (Å²) in [6.45, 7) is 2.20. The second-order valence-electron chi connectivity index (χ2n) is 8.17. The summed E-state index contributed by atoms with van der Waals surface area (Å²) in [6.07, 6.45) is 3.18. The lowest BCUT2D eigenvalue weighted by Gasteiger charge is -2.21. The molecule has 9 nitrogen and oxygen atoms in total. The van der Waals surface area contributed by atoms with Gasteiger partial charge in [0.15, 0.2) is 0 Å². The molecule has 0 saturated carbocycles. The molecule has 0 radical (unpaired) electrons. The molecule has 0 aliphatic rings. The molecule has 4 aromatic rings. The number of nitrogen functional groups attached to an aromatic ring is 1. The summed E-state index contributed by atoms with van der Waals surface area (Å²) in [6, 6.07) is 14.6. The molecule has 1 aromatic carbocycles. The second-order valence-corrected chi connectivity index (χ2v) is 9.34. The molecule has 3 aromatic heterocycles. The average molecular weight is 541 g/mol. The molecule has 3 heterocycles. The van der Waals surface area contributed by atoms with E-state index in [1.54, 1.807) is 43.5 Å². The van der Waals surface area contributed by atoms with E-state index in [0.717, 1.165) is 33.0 Å². The summed E-state index contributed by atoms with van der Waals surface area (Å²) in [5, 5.41) is 7.57. The van der Waals surface area contributed by atoms with Crippen molar-refractivity contribution in [3.05, 3.63) is 75.9 Å². The Labute approximate surface area is 225 Å². The maximum Gasteiger partial charge on any atom is 0.307 e. The summed E-state index contributed by atoms with van der Waals surface area (Å²) in [7, 11) is 1.96. The topological polar surface area (TPSA) is 127 Å². The van der Waals surface area contributed by atoms with Crippen molar-refractivity contribution in [3.8, 4) is 0 Å². The number of fused-ring (bicyclic) bond motifs is 1. The summed E-state index contributed by atoms with van der Waals surface area (Å²) < 4.78 is 7.06. The van der Waals surface area contributed by atoms with E-state index in [9.17, 15) is 9.59 Å². The van der Waals surface area contributed by atoms with Gasteiger partial charge in [-0.15, -0.1) is 23.7 Å². The number of amidine groups is 1. The van der Waals surface area contributed by atoms with Gasteiger partial charge in [0, 0.05) is 36.7 Å². The molecule has 1 amide bonds. The van der Waals surface area contributed by atoms with Crippen LogP contribution < -0.4 is 10.6 Å². The Morgan fingerprint density at radius 1 is 1.16 bits per heavy atom. The van der Waals surface area contributed by atoms with Crippen LogP contribution in [0.2, 0.25) is 0 Å². The zero-order chi connectivity index (χ0) is 25.7. The van der Waals surface area contributed by atoms with Gasteiger partial charge in [-0.3, -0.25) is 19.9 Å². The fourth-order valence-corrected chi connectivity index (χ4v) is 4.79. The number of hydrogen-bond donors (Lipinski definition) is 2. The molecule has 3 N–H and O–H groups in total. The monoisotopic (exact) mass is 540 g/mol. The van der Waals surface area contributed by atoms with Gasteiger partial charge >= 0.3 is 5.97 Å². The fourth-order valence-electron chi connectivity index (χ4n) is 3.92. The Morgan fingerprint density at radius 3 is 2.65 bits per heavy atom. The van der Waals surface area contributed by atoms with Crippen molar-refractivity contribution in [2.45, 2.75) is 26.2 Å². The van der Waals surface area contributed by atoms with E-state index in [2.05, 4.69) is 4.98 Å². The van der Waals surface area contributed by atoms with Crippen molar-refractivity contribution in [1.29, 1.82) is 5.41 Å². The number of aromatic nitrogens is 3. The number of rotatable bonds is 10. The number of nitrogens with two attached hydrogens (primary N) is 1. The van der Waals surface area contributed by atoms with Crippen LogP contribution in [0.5, 0.6) is 0 Å². The van der Waals surface area contributed by atoms with Gasteiger partial charge in [-0.05, 0) is 55.8 Å². The molecule has 0 atom stereocenters. The molecule has 194 valence electrons. The third-order valence-electron chi connectivity index (χ3n) is 5.76. The van der Waals surface area contributed by atoms with Gasteiger partial charge in [0.2, 0.25) is 0 Å². The van der Waals surface area contributed by atoms with Crippen molar-refractivity contribution >= 4 is 58.3 Å². The average Bonchev–Trinajstić information content (AvgIpc) is 3.48. The summed E-state index contributed by atoms with van der Waals surface area (Å²) >= 11 is 1.51. The highest BCUT2D eigenvalue weighted by Gasteiger charge is 2.21. The van der Waals surface area contributed by atoms with Crippen molar-refractivity contribution in [3.63, 3.8) is 0 Å². The van der Waals surface area contributed by atoms with Crippen molar-refractivity contribution in [1.82, 2.24) is 14.5 Å². The fraction of sp³-hybridized carbons (Fsp3) is 0.269. The number of imidazole rings is 1. The van der Waals surface area contributed by atoms with Crippen LogP contribution in [0, 0.1) is 5.41 Å². The first-order valence-electron chi connectivity index (χ1n) is 11.6. The van der Waals surface area contributed by atoms with Crippen LogP contribution in [0.25, 0.3) is 11.0 Å². The first-order chi connectivity index (χ1) is 17.4.